The lowest BCUT2D eigenvalue weighted by Crippen LogP contribution is -2.27. The van der Waals surface area contributed by atoms with Crippen LogP contribution < -0.4 is 10.6 Å². The lowest BCUT2D eigenvalue weighted by atomic mass is 10.1. The predicted molar refractivity (Wildman–Crippen MR) is 128 cm³/mol. The smallest absolute Gasteiger partial charge is 0.253 e. The second-order valence-electron chi connectivity index (χ2n) is 7.65. The van der Waals surface area contributed by atoms with Crippen molar-refractivity contribution in [2.75, 3.05) is 11.9 Å². The number of benzene rings is 3. The minimum Gasteiger partial charge on any atom is -0.441 e. The topological polar surface area (TPSA) is 84.2 Å². The Hall–Kier alpha value is -4.19. The van der Waals surface area contributed by atoms with Gasteiger partial charge in [-0.05, 0) is 43.2 Å². The SMILES string of the molecule is Cc1oc(-c2ccccc2)nc1CC(=O)Nc1ccccc1C(=O)NCCc1ccccc1. The van der Waals surface area contributed by atoms with Gasteiger partial charge < -0.3 is 15.1 Å². The summed E-state index contributed by atoms with van der Waals surface area (Å²) in [5.74, 6) is 0.575. The molecule has 0 atom stereocenters. The molecule has 0 spiro atoms. The zero-order valence-electron chi connectivity index (χ0n) is 18.4. The van der Waals surface area contributed by atoms with Gasteiger partial charge in [0.05, 0.1) is 23.4 Å². The van der Waals surface area contributed by atoms with Crippen molar-refractivity contribution in [3.63, 3.8) is 0 Å². The molecule has 33 heavy (non-hydrogen) atoms. The highest BCUT2D eigenvalue weighted by molar-refractivity contribution is 6.04. The molecule has 0 aliphatic heterocycles. The van der Waals surface area contributed by atoms with Crippen LogP contribution in [0.1, 0.15) is 27.4 Å². The average Bonchev–Trinajstić information content (AvgIpc) is 3.20. The van der Waals surface area contributed by atoms with Crippen molar-refractivity contribution in [2.45, 2.75) is 19.8 Å². The van der Waals surface area contributed by atoms with E-state index in [4.69, 9.17) is 4.42 Å². The van der Waals surface area contributed by atoms with Crippen LogP contribution in [-0.4, -0.2) is 23.3 Å². The Morgan fingerprint density at radius 3 is 2.30 bits per heavy atom. The van der Waals surface area contributed by atoms with Gasteiger partial charge in [0.25, 0.3) is 5.91 Å². The number of carbonyl (C=O) groups is 2. The first-order valence-corrected chi connectivity index (χ1v) is 10.8. The minimum absolute atomic E-state index is 0.0477. The molecule has 4 rings (SSSR count). The Balaban J connectivity index is 1.39. The van der Waals surface area contributed by atoms with Crippen LogP contribution in [0.3, 0.4) is 0 Å². The predicted octanol–water partition coefficient (Wildman–Crippen LogP) is 4.80. The third-order valence-corrected chi connectivity index (χ3v) is 5.23. The average molecular weight is 440 g/mol. The van der Waals surface area contributed by atoms with E-state index >= 15 is 0 Å². The molecule has 0 fully saturated rings. The maximum atomic E-state index is 12.7. The highest BCUT2D eigenvalue weighted by atomic mass is 16.4. The van der Waals surface area contributed by atoms with Crippen LogP contribution in [0.5, 0.6) is 0 Å². The van der Waals surface area contributed by atoms with Crippen molar-refractivity contribution < 1.29 is 14.0 Å². The Labute approximate surface area is 192 Å². The molecule has 4 aromatic rings. The van der Waals surface area contributed by atoms with Crippen LogP contribution in [0, 0.1) is 6.92 Å². The summed E-state index contributed by atoms with van der Waals surface area (Å²) in [6, 6.07) is 26.5. The number of amides is 2. The lowest BCUT2D eigenvalue weighted by Gasteiger charge is -2.11. The molecule has 0 unspecified atom stereocenters. The zero-order valence-corrected chi connectivity index (χ0v) is 18.4. The van der Waals surface area contributed by atoms with Crippen molar-refractivity contribution >= 4 is 17.5 Å². The van der Waals surface area contributed by atoms with Crippen LogP contribution in [-0.2, 0) is 17.6 Å². The summed E-state index contributed by atoms with van der Waals surface area (Å²) in [7, 11) is 0. The number of hydrogen-bond donors (Lipinski definition) is 2. The molecule has 166 valence electrons. The van der Waals surface area contributed by atoms with Gasteiger partial charge in [-0.3, -0.25) is 9.59 Å². The Morgan fingerprint density at radius 1 is 0.879 bits per heavy atom. The second kappa shape index (κ2) is 10.4. The highest BCUT2D eigenvalue weighted by Gasteiger charge is 2.17. The van der Waals surface area contributed by atoms with E-state index in [2.05, 4.69) is 15.6 Å². The summed E-state index contributed by atoms with van der Waals surface area (Å²) in [5.41, 5.74) is 3.45. The van der Waals surface area contributed by atoms with Gasteiger partial charge in [0.2, 0.25) is 11.8 Å². The summed E-state index contributed by atoms with van der Waals surface area (Å²) >= 11 is 0. The standard InChI is InChI=1S/C27H25N3O3/c1-19-24(30-27(33-19)21-12-6-3-7-13-21)18-25(31)29-23-15-9-8-14-22(23)26(32)28-17-16-20-10-4-2-5-11-20/h2-15H,16-18H2,1H3,(H,28,32)(H,29,31). The van der Waals surface area contributed by atoms with Crippen molar-refractivity contribution in [1.29, 1.82) is 0 Å². The summed E-state index contributed by atoms with van der Waals surface area (Å²) in [4.78, 5) is 29.9. The number of nitrogens with zero attached hydrogens (tertiary/aromatic N) is 1. The molecule has 2 amide bonds. The largest absolute Gasteiger partial charge is 0.441 e. The van der Waals surface area contributed by atoms with Gasteiger partial charge >= 0.3 is 0 Å². The number of aryl methyl sites for hydroxylation is 1. The first kappa shape index (κ1) is 22.0. The maximum absolute atomic E-state index is 12.7. The van der Waals surface area contributed by atoms with Crippen LogP contribution in [0.25, 0.3) is 11.5 Å². The van der Waals surface area contributed by atoms with Gasteiger partial charge in [-0.25, -0.2) is 4.98 Å². The third-order valence-electron chi connectivity index (χ3n) is 5.23. The lowest BCUT2D eigenvalue weighted by molar-refractivity contribution is -0.115. The summed E-state index contributed by atoms with van der Waals surface area (Å²) in [6.45, 7) is 2.29. The number of oxazole rings is 1. The van der Waals surface area contributed by atoms with Crippen molar-refractivity contribution in [3.05, 3.63) is 108 Å². The number of nitrogens with one attached hydrogen (secondary N) is 2. The van der Waals surface area contributed by atoms with Gasteiger partial charge in [-0.1, -0.05) is 60.7 Å². The zero-order chi connectivity index (χ0) is 23.0. The molecule has 6 heteroatoms. The molecular weight excluding hydrogens is 414 g/mol. The first-order valence-electron chi connectivity index (χ1n) is 10.8. The van der Waals surface area contributed by atoms with Gasteiger partial charge in [-0.15, -0.1) is 0 Å². The molecule has 6 nitrogen and oxygen atoms in total. The van der Waals surface area contributed by atoms with Gasteiger partial charge in [0, 0.05) is 12.1 Å². The van der Waals surface area contributed by atoms with Crippen LogP contribution in [0.4, 0.5) is 5.69 Å². The summed E-state index contributed by atoms with van der Waals surface area (Å²) < 4.78 is 5.74. The Kier molecular flexibility index (Phi) is 6.95. The van der Waals surface area contributed by atoms with E-state index in [0.717, 1.165) is 17.5 Å². The molecule has 0 bridgehead atoms. The Bertz CT molecular complexity index is 1230. The molecule has 0 radical (unpaired) electrons. The molecule has 0 aliphatic carbocycles. The molecule has 1 heterocycles. The molecular formula is C27H25N3O3. The minimum atomic E-state index is -0.268. The number of hydrogen-bond acceptors (Lipinski definition) is 4. The second-order valence-corrected chi connectivity index (χ2v) is 7.65. The number of aromatic nitrogens is 1. The molecule has 0 saturated carbocycles. The summed E-state index contributed by atoms with van der Waals surface area (Å²) in [5, 5.41) is 5.77. The van der Waals surface area contributed by atoms with Gasteiger partial charge in [-0.2, -0.15) is 0 Å². The van der Waals surface area contributed by atoms with Gasteiger partial charge in [0.1, 0.15) is 5.76 Å². The van der Waals surface area contributed by atoms with Crippen LogP contribution >= 0.6 is 0 Å². The number of carbonyl (C=O) groups excluding carboxylic acids is 2. The molecule has 0 aliphatic rings. The first-order chi connectivity index (χ1) is 16.1. The van der Waals surface area contributed by atoms with Crippen LogP contribution in [0.15, 0.2) is 89.3 Å². The van der Waals surface area contributed by atoms with Crippen molar-refractivity contribution in [3.8, 4) is 11.5 Å². The molecule has 3 aromatic carbocycles. The fourth-order valence-electron chi connectivity index (χ4n) is 3.49. The normalized spacial score (nSPS) is 10.6. The quantitative estimate of drug-likeness (QED) is 0.413. The fourth-order valence-corrected chi connectivity index (χ4v) is 3.49. The molecule has 1 aromatic heterocycles. The monoisotopic (exact) mass is 439 g/mol. The number of para-hydroxylation sites is 1. The van der Waals surface area contributed by atoms with Crippen LogP contribution in [0.2, 0.25) is 0 Å². The molecule has 0 saturated heterocycles. The summed E-state index contributed by atoms with van der Waals surface area (Å²) in [6.07, 6.45) is 0.780. The van der Waals surface area contributed by atoms with Crippen molar-refractivity contribution in [2.24, 2.45) is 0 Å². The maximum Gasteiger partial charge on any atom is 0.253 e. The van der Waals surface area contributed by atoms with E-state index in [0.29, 0.717) is 35.1 Å². The van der Waals surface area contributed by atoms with E-state index < -0.39 is 0 Å². The van der Waals surface area contributed by atoms with Crippen molar-refractivity contribution in [1.82, 2.24) is 10.3 Å². The van der Waals surface area contributed by atoms with E-state index in [1.54, 1.807) is 31.2 Å². The van der Waals surface area contributed by atoms with Gasteiger partial charge in [0.15, 0.2) is 0 Å². The van der Waals surface area contributed by atoms with E-state index in [-0.39, 0.29) is 18.2 Å². The number of rotatable bonds is 8. The fraction of sp³-hybridized carbons (Fsp3) is 0.148. The highest BCUT2D eigenvalue weighted by Crippen LogP contribution is 2.22. The van der Waals surface area contributed by atoms with E-state index in [1.165, 1.54) is 0 Å². The third kappa shape index (κ3) is 5.74. The van der Waals surface area contributed by atoms with E-state index in [9.17, 15) is 9.59 Å². The molecule has 2 N–H and O–H groups in total. The number of anilines is 1. The Morgan fingerprint density at radius 2 is 1.55 bits per heavy atom. The van der Waals surface area contributed by atoms with E-state index in [1.807, 2.05) is 60.7 Å².